The molecule has 1 saturated heterocycles. The molecule has 1 heterocycles. The summed E-state index contributed by atoms with van der Waals surface area (Å²) in [5.41, 5.74) is 0.654. The Morgan fingerprint density at radius 3 is 2.76 bits per heavy atom. The molecule has 0 amide bonds. The van der Waals surface area contributed by atoms with Crippen molar-refractivity contribution in [1.29, 1.82) is 5.26 Å². The first-order valence-corrected chi connectivity index (χ1v) is 7.73. The Morgan fingerprint density at radius 1 is 1.38 bits per heavy atom. The lowest BCUT2D eigenvalue weighted by molar-refractivity contribution is 0.223. The van der Waals surface area contributed by atoms with Gasteiger partial charge in [0.25, 0.3) is 0 Å². The lowest BCUT2D eigenvalue weighted by atomic mass is 9.76. The van der Waals surface area contributed by atoms with E-state index in [1.54, 1.807) is 7.11 Å². The van der Waals surface area contributed by atoms with Crippen LogP contribution in [0.5, 0.6) is 5.75 Å². The molecule has 1 atom stereocenters. The van der Waals surface area contributed by atoms with E-state index < -0.39 is 5.41 Å². The zero-order chi connectivity index (χ0) is 15.1. The van der Waals surface area contributed by atoms with E-state index in [1.165, 1.54) is 0 Å². The standard InChI is InChI=1S/C17H25N3O/c1-3-17(14-18,7-10-20-11-8-19-9-12-20)15-5-4-6-16(13-15)21-2/h4-6,13,19H,3,7-12H2,1-2H3. The predicted molar refractivity (Wildman–Crippen MR) is 84.5 cm³/mol. The zero-order valence-electron chi connectivity index (χ0n) is 13.1. The smallest absolute Gasteiger partial charge is 0.119 e. The van der Waals surface area contributed by atoms with Crippen molar-refractivity contribution in [3.63, 3.8) is 0 Å². The van der Waals surface area contributed by atoms with Crippen LogP contribution in [0.2, 0.25) is 0 Å². The molecule has 0 saturated carbocycles. The molecule has 1 unspecified atom stereocenters. The summed E-state index contributed by atoms with van der Waals surface area (Å²) in [4.78, 5) is 2.44. The molecule has 0 aromatic heterocycles. The fourth-order valence-electron chi connectivity index (χ4n) is 2.93. The highest BCUT2D eigenvalue weighted by Crippen LogP contribution is 2.33. The third-order valence-corrected chi connectivity index (χ3v) is 4.50. The number of nitriles is 1. The van der Waals surface area contributed by atoms with Crippen LogP contribution in [0, 0.1) is 11.3 Å². The molecular weight excluding hydrogens is 262 g/mol. The highest BCUT2D eigenvalue weighted by atomic mass is 16.5. The molecule has 21 heavy (non-hydrogen) atoms. The maximum atomic E-state index is 9.80. The van der Waals surface area contributed by atoms with E-state index in [0.717, 1.165) is 56.9 Å². The molecule has 1 aliphatic heterocycles. The number of nitrogens with one attached hydrogen (secondary N) is 1. The van der Waals surface area contributed by atoms with Crippen LogP contribution in [0.1, 0.15) is 25.3 Å². The fraction of sp³-hybridized carbons (Fsp3) is 0.588. The van der Waals surface area contributed by atoms with Crippen LogP contribution < -0.4 is 10.1 Å². The Hall–Kier alpha value is -1.57. The first kappa shape index (κ1) is 15.8. The highest BCUT2D eigenvalue weighted by Gasteiger charge is 2.31. The normalized spacial score (nSPS) is 18.7. The third kappa shape index (κ3) is 3.75. The van der Waals surface area contributed by atoms with Crippen LogP contribution in [-0.4, -0.2) is 44.7 Å². The second-order valence-corrected chi connectivity index (χ2v) is 5.62. The van der Waals surface area contributed by atoms with E-state index in [0.29, 0.717) is 0 Å². The van der Waals surface area contributed by atoms with Gasteiger partial charge in [-0.1, -0.05) is 19.1 Å². The fourth-order valence-corrected chi connectivity index (χ4v) is 2.93. The van der Waals surface area contributed by atoms with Crippen molar-refractivity contribution in [2.45, 2.75) is 25.2 Å². The minimum absolute atomic E-state index is 0.417. The topological polar surface area (TPSA) is 48.3 Å². The Morgan fingerprint density at radius 2 is 2.14 bits per heavy atom. The van der Waals surface area contributed by atoms with Crippen molar-refractivity contribution in [3.8, 4) is 11.8 Å². The molecule has 1 fully saturated rings. The quantitative estimate of drug-likeness (QED) is 0.871. The Kier molecular flexibility index (Phi) is 5.60. The third-order valence-electron chi connectivity index (χ3n) is 4.50. The van der Waals surface area contributed by atoms with Crippen molar-refractivity contribution < 1.29 is 4.74 Å². The molecular formula is C17H25N3O. The molecule has 0 aliphatic carbocycles. The molecule has 1 N–H and O–H groups in total. The summed E-state index contributed by atoms with van der Waals surface area (Å²) in [5.74, 6) is 0.822. The first-order valence-electron chi connectivity index (χ1n) is 7.73. The summed E-state index contributed by atoms with van der Waals surface area (Å²) in [5, 5.41) is 13.2. The summed E-state index contributed by atoms with van der Waals surface area (Å²) in [6.45, 7) is 7.31. The number of piperazine rings is 1. The number of methoxy groups -OCH3 is 1. The van der Waals surface area contributed by atoms with E-state index in [1.807, 2.05) is 24.3 Å². The van der Waals surface area contributed by atoms with Crippen molar-refractivity contribution in [2.75, 3.05) is 39.8 Å². The van der Waals surface area contributed by atoms with E-state index in [-0.39, 0.29) is 0 Å². The number of ether oxygens (including phenoxy) is 1. The van der Waals surface area contributed by atoms with Crippen LogP contribution in [0.15, 0.2) is 24.3 Å². The number of nitrogens with zero attached hydrogens (tertiary/aromatic N) is 2. The maximum Gasteiger partial charge on any atom is 0.119 e. The lowest BCUT2D eigenvalue weighted by Gasteiger charge is -2.32. The van der Waals surface area contributed by atoms with E-state index in [4.69, 9.17) is 4.74 Å². The predicted octanol–water partition coefficient (Wildman–Crippen LogP) is 2.16. The van der Waals surface area contributed by atoms with Crippen LogP contribution in [0.25, 0.3) is 0 Å². The maximum absolute atomic E-state index is 9.80. The van der Waals surface area contributed by atoms with Gasteiger partial charge in [-0.15, -0.1) is 0 Å². The van der Waals surface area contributed by atoms with Crippen LogP contribution in [0.3, 0.4) is 0 Å². The van der Waals surface area contributed by atoms with E-state index in [2.05, 4.69) is 23.2 Å². The van der Waals surface area contributed by atoms with E-state index >= 15 is 0 Å². The number of rotatable bonds is 6. The van der Waals surface area contributed by atoms with Crippen molar-refractivity contribution in [2.24, 2.45) is 0 Å². The van der Waals surface area contributed by atoms with Gasteiger partial charge in [-0.25, -0.2) is 0 Å². The molecule has 0 spiro atoms. The molecule has 2 rings (SSSR count). The van der Waals surface area contributed by atoms with Gasteiger partial charge >= 0.3 is 0 Å². The number of hydrogen-bond donors (Lipinski definition) is 1. The lowest BCUT2D eigenvalue weighted by Crippen LogP contribution is -2.45. The Balaban J connectivity index is 2.13. The van der Waals surface area contributed by atoms with Gasteiger partial charge in [0.05, 0.1) is 18.6 Å². The van der Waals surface area contributed by atoms with Crippen LogP contribution >= 0.6 is 0 Å². The largest absolute Gasteiger partial charge is 0.497 e. The first-order chi connectivity index (χ1) is 10.2. The molecule has 4 heteroatoms. The average Bonchev–Trinajstić information content (AvgIpc) is 2.57. The van der Waals surface area contributed by atoms with Crippen molar-refractivity contribution >= 4 is 0 Å². The molecule has 114 valence electrons. The molecule has 0 bridgehead atoms. The average molecular weight is 287 g/mol. The SMILES string of the molecule is CCC(C#N)(CCN1CCNCC1)c1cccc(OC)c1. The molecule has 1 aromatic carbocycles. The summed E-state index contributed by atoms with van der Waals surface area (Å²) in [6, 6.07) is 10.5. The van der Waals surface area contributed by atoms with Crippen LogP contribution in [0.4, 0.5) is 0 Å². The summed E-state index contributed by atoms with van der Waals surface area (Å²) >= 11 is 0. The summed E-state index contributed by atoms with van der Waals surface area (Å²) < 4.78 is 5.31. The molecule has 0 radical (unpaired) electrons. The summed E-state index contributed by atoms with van der Waals surface area (Å²) in [7, 11) is 1.67. The second-order valence-electron chi connectivity index (χ2n) is 5.62. The Labute approximate surface area is 127 Å². The van der Waals surface area contributed by atoms with Gasteiger partial charge in [0.15, 0.2) is 0 Å². The Bertz CT molecular complexity index is 491. The number of hydrogen-bond acceptors (Lipinski definition) is 4. The summed E-state index contributed by atoms with van der Waals surface area (Å²) in [6.07, 6.45) is 1.69. The minimum atomic E-state index is -0.417. The second kappa shape index (κ2) is 7.44. The van der Waals surface area contributed by atoms with Crippen LogP contribution in [-0.2, 0) is 5.41 Å². The van der Waals surface area contributed by atoms with Gasteiger partial charge in [0.1, 0.15) is 5.75 Å². The van der Waals surface area contributed by atoms with Gasteiger partial charge in [-0.05, 0) is 30.5 Å². The highest BCUT2D eigenvalue weighted by molar-refractivity contribution is 5.38. The van der Waals surface area contributed by atoms with Gasteiger partial charge < -0.3 is 15.0 Å². The van der Waals surface area contributed by atoms with Gasteiger partial charge in [0.2, 0.25) is 0 Å². The van der Waals surface area contributed by atoms with Gasteiger partial charge in [-0.2, -0.15) is 5.26 Å². The molecule has 1 aliphatic rings. The number of benzene rings is 1. The molecule has 1 aromatic rings. The van der Waals surface area contributed by atoms with Crippen molar-refractivity contribution in [3.05, 3.63) is 29.8 Å². The van der Waals surface area contributed by atoms with E-state index in [9.17, 15) is 5.26 Å². The van der Waals surface area contributed by atoms with Gasteiger partial charge in [0, 0.05) is 32.7 Å². The monoisotopic (exact) mass is 287 g/mol. The van der Waals surface area contributed by atoms with Gasteiger partial charge in [-0.3, -0.25) is 0 Å². The zero-order valence-corrected chi connectivity index (χ0v) is 13.1. The minimum Gasteiger partial charge on any atom is -0.497 e. The molecule has 4 nitrogen and oxygen atoms in total. The van der Waals surface area contributed by atoms with Crippen molar-refractivity contribution in [1.82, 2.24) is 10.2 Å².